The molecule has 2 atom stereocenters. The lowest BCUT2D eigenvalue weighted by Gasteiger charge is -2.31. The van der Waals surface area contributed by atoms with E-state index in [1.165, 1.54) is 10.6 Å². The molecule has 2 aromatic heterocycles. The molecule has 0 amide bonds. The first-order valence-corrected chi connectivity index (χ1v) is 12.4. The third kappa shape index (κ3) is 4.08. The molecule has 1 saturated carbocycles. The van der Waals surface area contributed by atoms with Crippen LogP contribution in [0, 0.1) is 0 Å². The van der Waals surface area contributed by atoms with E-state index < -0.39 is 15.6 Å². The van der Waals surface area contributed by atoms with E-state index in [0.717, 1.165) is 11.8 Å². The van der Waals surface area contributed by atoms with Crippen LogP contribution in [0.4, 0.5) is 5.82 Å². The van der Waals surface area contributed by atoms with E-state index in [2.05, 4.69) is 10.3 Å². The maximum atomic E-state index is 12.9. The van der Waals surface area contributed by atoms with Crippen molar-refractivity contribution in [2.75, 3.05) is 24.7 Å². The van der Waals surface area contributed by atoms with Gasteiger partial charge in [0, 0.05) is 36.8 Å². The second-order valence-corrected chi connectivity index (χ2v) is 11.0. The summed E-state index contributed by atoms with van der Waals surface area (Å²) in [6.45, 7) is 2.70. The van der Waals surface area contributed by atoms with Crippen molar-refractivity contribution in [1.29, 1.82) is 0 Å². The molecule has 1 aliphatic carbocycles. The zero-order valence-electron chi connectivity index (χ0n) is 17.1. The third-order valence-corrected chi connectivity index (χ3v) is 7.92. The smallest absolute Gasteiger partial charge is 0.270 e. The van der Waals surface area contributed by atoms with Crippen LogP contribution in [-0.4, -0.2) is 58.4 Å². The van der Waals surface area contributed by atoms with Gasteiger partial charge in [-0.15, -0.1) is 0 Å². The van der Waals surface area contributed by atoms with E-state index in [0.29, 0.717) is 50.1 Å². The summed E-state index contributed by atoms with van der Waals surface area (Å²) in [5.74, 6) is 0.619. The Hall–Kier alpha value is -1.68. The molecule has 0 radical (unpaired) electrons. The molecule has 0 aromatic carbocycles. The first-order valence-electron chi connectivity index (χ1n) is 10.2. The van der Waals surface area contributed by atoms with Gasteiger partial charge in [0.05, 0.1) is 23.4 Å². The molecule has 2 aromatic rings. The molecule has 2 fully saturated rings. The number of aromatic nitrogens is 2. The fourth-order valence-electron chi connectivity index (χ4n) is 4.67. The van der Waals surface area contributed by atoms with Gasteiger partial charge in [-0.25, -0.2) is 17.7 Å². The molecule has 30 heavy (non-hydrogen) atoms. The SMILES string of the molecule is C[C@@]1(O)CCC[C@H]1n1c(=O)c(Cl)cc2cnc(NC3CCN(S(C)(=O)=O)CC3)cc21. The summed E-state index contributed by atoms with van der Waals surface area (Å²) in [5, 5.41) is 15.0. The molecule has 164 valence electrons. The zero-order chi connectivity index (χ0) is 21.7. The van der Waals surface area contributed by atoms with Crippen molar-refractivity contribution in [3.8, 4) is 0 Å². The summed E-state index contributed by atoms with van der Waals surface area (Å²) < 4.78 is 26.5. The van der Waals surface area contributed by atoms with Crippen molar-refractivity contribution in [3.05, 3.63) is 33.7 Å². The highest BCUT2D eigenvalue weighted by molar-refractivity contribution is 7.88. The number of pyridine rings is 2. The van der Waals surface area contributed by atoms with Crippen LogP contribution in [-0.2, 0) is 10.0 Å². The quantitative estimate of drug-likeness (QED) is 0.734. The van der Waals surface area contributed by atoms with Crippen molar-refractivity contribution >= 4 is 38.3 Å². The van der Waals surface area contributed by atoms with Gasteiger partial charge in [-0.2, -0.15) is 0 Å². The maximum Gasteiger partial charge on any atom is 0.270 e. The second-order valence-electron chi connectivity index (χ2n) is 8.64. The van der Waals surface area contributed by atoms with Gasteiger partial charge in [0.1, 0.15) is 10.8 Å². The highest BCUT2D eigenvalue weighted by Gasteiger charge is 2.39. The second kappa shape index (κ2) is 7.78. The monoisotopic (exact) mass is 454 g/mol. The normalized spacial score (nSPS) is 26.3. The van der Waals surface area contributed by atoms with Gasteiger partial charge in [0.2, 0.25) is 10.0 Å². The molecular weight excluding hydrogens is 428 g/mol. The minimum absolute atomic E-state index is 0.0926. The topological polar surface area (TPSA) is 105 Å². The number of piperidine rings is 1. The lowest BCUT2D eigenvalue weighted by Crippen LogP contribution is -2.42. The number of hydrogen-bond acceptors (Lipinski definition) is 6. The van der Waals surface area contributed by atoms with Crippen LogP contribution in [0.25, 0.3) is 10.9 Å². The number of nitrogens with zero attached hydrogens (tertiary/aromatic N) is 3. The zero-order valence-corrected chi connectivity index (χ0v) is 18.7. The molecular formula is C20H27ClN4O4S. The Morgan fingerprint density at radius 1 is 1.27 bits per heavy atom. The van der Waals surface area contributed by atoms with Crippen molar-refractivity contribution in [2.24, 2.45) is 0 Å². The fourth-order valence-corrected chi connectivity index (χ4v) is 5.75. The summed E-state index contributed by atoms with van der Waals surface area (Å²) in [4.78, 5) is 17.4. The predicted molar refractivity (Wildman–Crippen MR) is 118 cm³/mol. The number of halogens is 1. The maximum absolute atomic E-state index is 12.9. The summed E-state index contributed by atoms with van der Waals surface area (Å²) in [5.41, 5.74) is -0.603. The number of hydrogen-bond donors (Lipinski definition) is 2. The van der Waals surface area contributed by atoms with Crippen LogP contribution < -0.4 is 10.9 Å². The van der Waals surface area contributed by atoms with Gasteiger partial charge in [-0.3, -0.25) is 4.79 Å². The molecule has 2 aliphatic rings. The number of nitrogens with one attached hydrogen (secondary N) is 1. The first kappa shape index (κ1) is 21.5. The molecule has 2 N–H and O–H groups in total. The molecule has 4 rings (SSSR count). The van der Waals surface area contributed by atoms with E-state index in [1.807, 2.05) is 6.07 Å². The summed E-state index contributed by atoms with van der Waals surface area (Å²) in [6.07, 6.45) is 6.44. The Morgan fingerprint density at radius 2 is 1.97 bits per heavy atom. The molecule has 3 heterocycles. The first-order chi connectivity index (χ1) is 14.1. The van der Waals surface area contributed by atoms with Crippen molar-refractivity contribution < 1.29 is 13.5 Å². The van der Waals surface area contributed by atoms with E-state index in [-0.39, 0.29) is 22.7 Å². The van der Waals surface area contributed by atoms with Crippen molar-refractivity contribution in [3.63, 3.8) is 0 Å². The van der Waals surface area contributed by atoms with E-state index in [9.17, 15) is 18.3 Å². The minimum atomic E-state index is -3.17. The lowest BCUT2D eigenvalue weighted by molar-refractivity contribution is 0.0269. The molecule has 0 bridgehead atoms. The average molecular weight is 455 g/mol. The number of aliphatic hydroxyl groups is 1. The van der Waals surface area contributed by atoms with Gasteiger partial charge in [-0.1, -0.05) is 11.6 Å². The van der Waals surface area contributed by atoms with Crippen LogP contribution in [0.2, 0.25) is 5.02 Å². The third-order valence-electron chi connectivity index (χ3n) is 6.34. The largest absolute Gasteiger partial charge is 0.388 e. The van der Waals surface area contributed by atoms with Crippen LogP contribution in [0.1, 0.15) is 45.1 Å². The summed E-state index contributed by atoms with van der Waals surface area (Å²) in [7, 11) is -3.17. The van der Waals surface area contributed by atoms with Gasteiger partial charge in [-0.05, 0) is 45.1 Å². The van der Waals surface area contributed by atoms with Gasteiger partial charge >= 0.3 is 0 Å². The summed E-state index contributed by atoms with van der Waals surface area (Å²) >= 11 is 6.20. The van der Waals surface area contributed by atoms with Gasteiger partial charge < -0.3 is 15.0 Å². The Kier molecular flexibility index (Phi) is 5.59. The van der Waals surface area contributed by atoms with Crippen LogP contribution in [0.15, 0.2) is 23.1 Å². The number of fused-ring (bicyclic) bond motifs is 1. The van der Waals surface area contributed by atoms with E-state index in [4.69, 9.17) is 11.6 Å². The minimum Gasteiger partial charge on any atom is -0.388 e. The standard InChI is InChI=1S/C20H27ClN4O4S/c1-20(27)7-3-4-17(20)25-16-11-18(22-12-13(16)10-15(21)19(25)26)23-14-5-8-24(9-6-14)30(2,28)29/h10-12,14,17,27H,3-9H2,1-2H3,(H,22,23)/t17-,20-/m1/s1. The predicted octanol–water partition coefficient (Wildman–Crippen LogP) is 2.36. The Morgan fingerprint density at radius 3 is 2.57 bits per heavy atom. The number of sulfonamides is 1. The molecule has 10 heteroatoms. The van der Waals surface area contributed by atoms with Crippen LogP contribution in [0.3, 0.4) is 0 Å². The lowest BCUT2D eigenvalue weighted by atomic mass is 9.99. The molecule has 1 saturated heterocycles. The van der Waals surface area contributed by atoms with Crippen LogP contribution >= 0.6 is 11.6 Å². The summed E-state index contributed by atoms with van der Waals surface area (Å²) in [6, 6.07) is 3.18. The Labute approximate surface area is 180 Å². The van der Waals surface area contributed by atoms with Crippen LogP contribution in [0.5, 0.6) is 0 Å². The highest BCUT2D eigenvalue weighted by atomic mass is 35.5. The molecule has 0 unspecified atom stereocenters. The number of rotatable bonds is 4. The highest BCUT2D eigenvalue weighted by Crippen LogP contribution is 2.40. The Bertz CT molecular complexity index is 1120. The molecule has 0 spiro atoms. The number of anilines is 1. The Balaban J connectivity index is 1.65. The van der Waals surface area contributed by atoms with Crippen molar-refractivity contribution in [1.82, 2.24) is 13.9 Å². The van der Waals surface area contributed by atoms with E-state index in [1.54, 1.807) is 23.8 Å². The fraction of sp³-hybridized carbons (Fsp3) is 0.600. The molecule has 8 nitrogen and oxygen atoms in total. The van der Waals surface area contributed by atoms with Crippen molar-refractivity contribution in [2.45, 2.75) is 56.7 Å². The van der Waals surface area contributed by atoms with E-state index >= 15 is 0 Å². The molecule has 1 aliphatic heterocycles. The average Bonchev–Trinajstić information content (AvgIpc) is 3.02. The van der Waals surface area contributed by atoms with Gasteiger partial charge in [0.15, 0.2) is 0 Å². The van der Waals surface area contributed by atoms with Gasteiger partial charge in [0.25, 0.3) is 5.56 Å².